The Morgan fingerprint density at radius 1 is 1.03 bits per heavy atom. The van der Waals surface area contributed by atoms with Gasteiger partial charge in [-0.2, -0.15) is 0 Å². The Balaban J connectivity index is 1.52. The third-order valence-corrected chi connectivity index (χ3v) is 7.03. The van der Waals surface area contributed by atoms with E-state index in [1.54, 1.807) is 51.1 Å². The molecule has 0 spiro atoms. The molecule has 0 saturated carbocycles. The van der Waals surface area contributed by atoms with E-state index < -0.39 is 29.4 Å². The molecule has 0 atom stereocenters. The Kier molecular flexibility index (Phi) is 5.69. The lowest BCUT2D eigenvalue weighted by atomic mass is 10.1. The fraction of sp³-hybridized carbons (Fsp3) is 0.280. The van der Waals surface area contributed by atoms with Crippen molar-refractivity contribution in [2.45, 2.75) is 32.8 Å². The van der Waals surface area contributed by atoms with Gasteiger partial charge in [0.2, 0.25) is 5.95 Å². The first-order chi connectivity index (χ1) is 17.0. The second-order valence-electron chi connectivity index (χ2n) is 9.46. The van der Waals surface area contributed by atoms with Gasteiger partial charge in [-0.25, -0.2) is 24.6 Å². The summed E-state index contributed by atoms with van der Waals surface area (Å²) >= 11 is 2.07. The first-order valence-electron chi connectivity index (χ1n) is 11.2. The minimum absolute atomic E-state index is 0.0459. The quantitative estimate of drug-likeness (QED) is 0.325. The molecule has 0 radical (unpaired) electrons. The Bertz CT molecular complexity index is 1440. The van der Waals surface area contributed by atoms with Gasteiger partial charge in [-0.3, -0.25) is 14.4 Å². The summed E-state index contributed by atoms with van der Waals surface area (Å²) in [6.45, 7) is 5.43. The number of imide groups is 2. The zero-order valence-corrected chi connectivity index (χ0v) is 22.2. The monoisotopic (exact) mass is 599 g/mol. The van der Waals surface area contributed by atoms with Gasteiger partial charge >= 0.3 is 6.09 Å². The van der Waals surface area contributed by atoms with Crippen molar-refractivity contribution in [3.63, 3.8) is 0 Å². The van der Waals surface area contributed by atoms with E-state index in [2.05, 4.69) is 32.6 Å². The van der Waals surface area contributed by atoms with Crippen molar-refractivity contribution in [2.75, 3.05) is 11.4 Å². The summed E-state index contributed by atoms with van der Waals surface area (Å²) in [6.07, 6.45) is 1.23. The molecule has 5 rings (SSSR count). The zero-order chi connectivity index (χ0) is 25.9. The zero-order valence-electron chi connectivity index (χ0n) is 20.0. The first-order valence-corrected chi connectivity index (χ1v) is 12.3. The average molecular weight is 599 g/mol. The van der Waals surface area contributed by atoms with E-state index in [1.807, 2.05) is 11.6 Å². The van der Waals surface area contributed by atoms with Gasteiger partial charge in [0.1, 0.15) is 5.60 Å². The van der Waals surface area contributed by atoms with Crippen LogP contribution in [0.25, 0.3) is 11.4 Å². The highest BCUT2D eigenvalue weighted by atomic mass is 127. The van der Waals surface area contributed by atoms with Crippen LogP contribution >= 0.6 is 22.6 Å². The van der Waals surface area contributed by atoms with Gasteiger partial charge < -0.3 is 9.30 Å². The molecule has 0 fully saturated rings. The molecule has 4 amide bonds. The number of fused-ring (bicyclic) bond motifs is 2. The number of rotatable bonds is 2. The van der Waals surface area contributed by atoms with Gasteiger partial charge in [0.25, 0.3) is 17.7 Å². The number of carbonyl (C=O) groups is 4. The summed E-state index contributed by atoms with van der Waals surface area (Å²) in [5.74, 6) is -1.46. The minimum atomic E-state index is -0.728. The van der Waals surface area contributed by atoms with E-state index in [4.69, 9.17) is 4.74 Å². The smallest absolute Gasteiger partial charge is 0.417 e. The molecule has 2 aromatic heterocycles. The van der Waals surface area contributed by atoms with Crippen LogP contribution in [0, 0.1) is 3.57 Å². The summed E-state index contributed by atoms with van der Waals surface area (Å²) in [5, 5.41) is 0. The molecule has 1 aromatic carbocycles. The van der Waals surface area contributed by atoms with Gasteiger partial charge in [-0.1, -0.05) is 12.1 Å². The molecule has 2 aliphatic heterocycles. The number of ether oxygens (including phenoxy) is 1. The maximum absolute atomic E-state index is 13.3. The van der Waals surface area contributed by atoms with Gasteiger partial charge in [-0.15, -0.1) is 0 Å². The number of anilines is 1. The Morgan fingerprint density at radius 3 is 2.28 bits per heavy atom. The van der Waals surface area contributed by atoms with Crippen LogP contribution in [-0.2, 0) is 18.2 Å². The van der Waals surface area contributed by atoms with Crippen LogP contribution in [0.3, 0.4) is 0 Å². The van der Waals surface area contributed by atoms with Crippen LogP contribution in [-0.4, -0.2) is 55.4 Å². The van der Waals surface area contributed by atoms with Crippen molar-refractivity contribution >= 4 is 52.4 Å². The van der Waals surface area contributed by atoms with E-state index in [-0.39, 0.29) is 12.5 Å². The third kappa shape index (κ3) is 3.77. The van der Waals surface area contributed by atoms with E-state index >= 15 is 0 Å². The number of hydrogen-bond acceptors (Lipinski definition) is 7. The van der Waals surface area contributed by atoms with Crippen molar-refractivity contribution < 1.29 is 23.9 Å². The van der Waals surface area contributed by atoms with Crippen molar-refractivity contribution in [2.24, 2.45) is 7.05 Å². The Labute approximate surface area is 220 Å². The second-order valence-corrected chi connectivity index (χ2v) is 10.5. The Hall–Kier alpha value is -3.61. The molecule has 0 aliphatic carbocycles. The van der Waals surface area contributed by atoms with E-state index in [9.17, 15) is 19.2 Å². The van der Waals surface area contributed by atoms with Crippen molar-refractivity contribution in [3.05, 3.63) is 62.5 Å². The summed E-state index contributed by atoms with van der Waals surface area (Å²) < 4.78 is 7.87. The van der Waals surface area contributed by atoms with Crippen molar-refractivity contribution in [3.8, 4) is 11.4 Å². The molecule has 0 N–H and O–H groups in total. The highest BCUT2D eigenvalue weighted by molar-refractivity contribution is 14.1. The summed E-state index contributed by atoms with van der Waals surface area (Å²) in [4.78, 5) is 62.6. The largest absolute Gasteiger partial charge is 0.443 e. The van der Waals surface area contributed by atoms with E-state index in [0.717, 1.165) is 15.5 Å². The van der Waals surface area contributed by atoms with E-state index in [0.29, 0.717) is 38.1 Å². The van der Waals surface area contributed by atoms with Crippen molar-refractivity contribution in [1.29, 1.82) is 0 Å². The molecule has 11 heteroatoms. The third-order valence-electron chi connectivity index (χ3n) is 5.98. The van der Waals surface area contributed by atoms with Crippen LogP contribution in [0.1, 0.15) is 57.5 Å². The van der Waals surface area contributed by atoms with Gasteiger partial charge in [0.15, 0.2) is 0 Å². The van der Waals surface area contributed by atoms with Gasteiger partial charge in [-0.05, 0) is 61.6 Å². The average Bonchev–Trinajstić information content (AvgIpc) is 3.23. The van der Waals surface area contributed by atoms with Gasteiger partial charge in [0, 0.05) is 31.9 Å². The van der Waals surface area contributed by atoms with Crippen LogP contribution < -0.4 is 4.90 Å². The van der Waals surface area contributed by atoms with Crippen LogP contribution in [0.2, 0.25) is 0 Å². The van der Waals surface area contributed by atoms with Crippen LogP contribution in [0.5, 0.6) is 0 Å². The highest BCUT2D eigenvalue weighted by Gasteiger charge is 2.40. The molecular weight excluding hydrogens is 577 g/mol. The fourth-order valence-electron chi connectivity index (χ4n) is 4.39. The van der Waals surface area contributed by atoms with Gasteiger partial charge in [0.05, 0.1) is 31.6 Å². The molecule has 184 valence electrons. The number of nitrogens with zero attached hydrogens (tertiary/aromatic N) is 5. The predicted molar refractivity (Wildman–Crippen MR) is 138 cm³/mol. The second kappa shape index (κ2) is 8.50. The minimum Gasteiger partial charge on any atom is -0.443 e. The van der Waals surface area contributed by atoms with E-state index in [1.165, 1.54) is 6.20 Å². The topological polar surface area (TPSA) is 115 Å². The molecule has 0 unspecified atom stereocenters. The summed E-state index contributed by atoms with van der Waals surface area (Å²) in [7, 11) is 1.82. The summed E-state index contributed by atoms with van der Waals surface area (Å²) in [5.41, 5.74) is 2.11. The lowest BCUT2D eigenvalue weighted by Gasteiger charge is -2.29. The normalized spacial score (nSPS) is 15.3. The fourth-order valence-corrected chi connectivity index (χ4v) is 5.57. The highest BCUT2D eigenvalue weighted by Crippen LogP contribution is 2.36. The lowest BCUT2D eigenvalue weighted by Crippen LogP contribution is -2.45. The maximum atomic E-state index is 13.3. The van der Waals surface area contributed by atoms with Crippen LogP contribution in [0.4, 0.5) is 10.7 Å². The molecule has 4 heterocycles. The molecule has 36 heavy (non-hydrogen) atoms. The molecule has 0 saturated heterocycles. The number of amides is 4. The Morgan fingerprint density at radius 2 is 1.67 bits per heavy atom. The maximum Gasteiger partial charge on any atom is 0.417 e. The van der Waals surface area contributed by atoms with Crippen LogP contribution in [0.15, 0.2) is 36.5 Å². The van der Waals surface area contributed by atoms with Crippen molar-refractivity contribution in [1.82, 2.24) is 19.4 Å². The first kappa shape index (κ1) is 24.1. The standard InChI is InChI=1S/C25H22IN5O5/c1-25(2,3)36-24(35)30-12-10-16-17(22(30)34)18(26)19(29(16)4)15-9-11-27-23(28-15)31-20(32)13-7-5-6-8-14(13)21(31)33/h5-9,11H,10,12H2,1-4H3. The molecular formula is C25H22IN5O5. The number of aromatic nitrogens is 3. The molecule has 0 bridgehead atoms. The molecule has 3 aromatic rings. The summed E-state index contributed by atoms with van der Waals surface area (Å²) in [6, 6.07) is 8.23. The molecule has 2 aliphatic rings. The lowest BCUT2D eigenvalue weighted by molar-refractivity contribution is 0.0232. The predicted octanol–water partition coefficient (Wildman–Crippen LogP) is 3.82. The number of halogens is 1. The SMILES string of the molecule is Cn1c2c(c(I)c1-c1ccnc(N3C(=O)c4ccccc4C3=O)n1)C(=O)N(C(=O)OC(C)(C)C)CC2. The number of benzene rings is 1. The number of hydrogen-bond donors (Lipinski definition) is 0. The molecule has 10 nitrogen and oxygen atoms in total. The number of carbonyl (C=O) groups excluding carboxylic acids is 4.